The molecule has 2 amide bonds. The maximum atomic E-state index is 13.6. The predicted octanol–water partition coefficient (Wildman–Crippen LogP) is 4.78. The lowest BCUT2D eigenvalue weighted by molar-refractivity contribution is -0.133. The van der Waals surface area contributed by atoms with Crippen molar-refractivity contribution >= 4 is 17.8 Å². The number of fused-ring (bicyclic) bond motifs is 6. The van der Waals surface area contributed by atoms with Crippen LogP contribution >= 0.6 is 0 Å². The monoisotopic (exact) mass is 516 g/mol. The number of guanidine groups is 1. The van der Waals surface area contributed by atoms with E-state index in [-0.39, 0.29) is 36.0 Å². The van der Waals surface area contributed by atoms with E-state index in [2.05, 4.69) is 29.7 Å². The van der Waals surface area contributed by atoms with E-state index >= 15 is 0 Å². The lowest BCUT2D eigenvalue weighted by atomic mass is 9.83. The van der Waals surface area contributed by atoms with Gasteiger partial charge in [0.2, 0.25) is 5.91 Å². The minimum absolute atomic E-state index is 0.00377. The van der Waals surface area contributed by atoms with Crippen LogP contribution in [0.15, 0.2) is 36.4 Å². The van der Waals surface area contributed by atoms with Gasteiger partial charge in [-0.2, -0.15) is 0 Å². The number of amides is 2. The third kappa shape index (κ3) is 4.40. The number of ether oxygens (including phenoxy) is 2. The van der Waals surface area contributed by atoms with Gasteiger partial charge in [-0.3, -0.25) is 19.9 Å². The molecule has 0 unspecified atom stereocenters. The van der Waals surface area contributed by atoms with Crippen molar-refractivity contribution in [1.82, 2.24) is 15.5 Å². The predicted molar refractivity (Wildman–Crippen MR) is 144 cm³/mol. The first-order valence-electron chi connectivity index (χ1n) is 13.9. The molecule has 200 valence electrons. The van der Waals surface area contributed by atoms with E-state index in [1.165, 1.54) is 5.56 Å². The number of hydrogen-bond donors (Lipinski definition) is 3. The van der Waals surface area contributed by atoms with Crippen LogP contribution in [-0.2, 0) is 11.2 Å². The number of nitrogens with one attached hydrogen (secondary N) is 3. The third-order valence-corrected chi connectivity index (χ3v) is 8.67. The smallest absolute Gasteiger partial charge is 0.251 e. The second kappa shape index (κ2) is 9.64. The molecule has 0 aliphatic carbocycles. The van der Waals surface area contributed by atoms with Crippen LogP contribution in [0.1, 0.15) is 97.9 Å². The zero-order valence-corrected chi connectivity index (χ0v) is 22.1. The van der Waals surface area contributed by atoms with Gasteiger partial charge in [0.05, 0.1) is 31.2 Å². The zero-order valence-electron chi connectivity index (χ0n) is 22.1. The Morgan fingerprint density at radius 2 is 1.95 bits per heavy atom. The summed E-state index contributed by atoms with van der Waals surface area (Å²) < 4.78 is 12.0. The molecule has 7 rings (SSSR count). The Labute approximate surface area is 223 Å². The van der Waals surface area contributed by atoms with Crippen LogP contribution in [0.2, 0.25) is 0 Å². The highest BCUT2D eigenvalue weighted by Crippen LogP contribution is 2.41. The molecule has 5 aliphatic heterocycles. The van der Waals surface area contributed by atoms with Crippen LogP contribution < -0.4 is 20.1 Å². The second-order valence-corrected chi connectivity index (χ2v) is 11.2. The molecule has 2 aromatic rings. The quantitative estimate of drug-likeness (QED) is 0.506. The minimum Gasteiger partial charge on any atom is -0.493 e. The molecule has 5 aliphatic rings. The van der Waals surface area contributed by atoms with Gasteiger partial charge < -0.3 is 20.1 Å². The van der Waals surface area contributed by atoms with E-state index in [9.17, 15) is 9.59 Å². The number of benzene rings is 2. The van der Waals surface area contributed by atoms with Crippen molar-refractivity contribution in [1.29, 1.82) is 5.41 Å². The highest BCUT2D eigenvalue weighted by molar-refractivity contribution is 6.00. The molecule has 8 nitrogen and oxygen atoms in total. The molecule has 1 fully saturated rings. The molecule has 0 spiro atoms. The molecule has 2 aromatic carbocycles. The van der Waals surface area contributed by atoms with E-state index in [1.54, 1.807) is 11.0 Å². The molecule has 8 heteroatoms. The summed E-state index contributed by atoms with van der Waals surface area (Å²) in [6.07, 6.45) is 6.08. The van der Waals surface area contributed by atoms with Gasteiger partial charge in [0.15, 0.2) is 5.96 Å². The van der Waals surface area contributed by atoms with E-state index in [1.807, 2.05) is 25.1 Å². The minimum atomic E-state index is -0.406. The van der Waals surface area contributed by atoms with Crippen LogP contribution in [0.3, 0.4) is 0 Å². The van der Waals surface area contributed by atoms with Gasteiger partial charge in [-0.05, 0) is 62.4 Å². The Hall–Kier alpha value is -3.55. The van der Waals surface area contributed by atoms with Gasteiger partial charge in [-0.25, -0.2) is 0 Å². The summed E-state index contributed by atoms with van der Waals surface area (Å²) in [4.78, 5) is 28.7. The topological polar surface area (TPSA) is 104 Å². The number of carbonyl (C=O) groups is 2. The summed E-state index contributed by atoms with van der Waals surface area (Å²) >= 11 is 0. The summed E-state index contributed by atoms with van der Waals surface area (Å²) in [5.41, 5.74) is 3.14. The summed E-state index contributed by atoms with van der Waals surface area (Å²) in [6, 6.07) is 11.3. The molecular weight excluding hydrogens is 480 g/mol. The Morgan fingerprint density at radius 1 is 1.11 bits per heavy atom. The first kappa shape index (κ1) is 24.8. The number of hydrogen-bond acceptors (Lipinski definition) is 5. The van der Waals surface area contributed by atoms with Crippen LogP contribution in [0.5, 0.6) is 11.5 Å². The first-order valence-corrected chi connectivity index (χ1v) is 13.9. The maximum absolute atomic E-state index is 13.6. The highest BCUT2D eigenvalue weighted by atomic mass is 16.5. The van der Waals surface area contributed by atoms with Gasteiger partial charge in [-0.15, -0.1) is 0 Å². The molecule has 1 saturated heterocycles. The number of carbonyl (C=O) groups excluding carboxylic acids is 2. The lowest BCUT2D eigenvalue weighted by Gasteiger charge is -2.46. The van der Waals surface area contributed by atoms with Gasteiger partial charge >= 0.3 is 0 Å². The van der Waals surface area contributed by atoms with Gasteiger partial charge in [0.1, 0.15) is 11.5 Å². The van der Waals surface area contributed by atoms with E-state index in [0.717, 1.165) is 49.0 Å². The molecule has 0 saturated carbocycles. The normalized spacial score (nSPS) is 28.8. The number of nitrogens with zero attached hydrogens (tertiary/aromatic N) is 1. The molecule has 6 bridgehead atoms. The largest absolute Gasteiger partial charge is 0.493 e. The Morgan fingerprint density at radius 3 is 2.76 bits per heavy atom. The van der Waals surface area contributed by atoms with Crippen LogP contribution in [0.25, 0.3) is 0 Å². The molecular formula is C30H36N4O4. The number of rotatable bonds is 1. The molecule has 0 aromatic heterocycles. The maximum Gasteiger partial charge on any atom is 0.251 e. The average molecular weight is 517 g/mol. The summed E-state index contributed by atoms with van der Waals surface area (Å²) in [5.74, 6) is 1.43. The van der Waals surface area contributed by atoms with Crippen molar-refractivity contribution < 1.29 is 19.1 Å². The van der Waals surface area contributed by atoms with Crippen molar-refractivity contribution in [2.45, 2.75) is 88.9 Å². The SMILES string of the molecule is CC[C@]12CCCCc3ccc4c(c3)[C@H](C[C@H](C)O4)NC(=O)c3ccc4c(c3)[C@@H](CCO4)N(C(=N)N1)C(=O)C2. The summed E-state index contributed by atoms with van der Waals surface area (Å²) in [5, 5.41) is 15.5. The molecule has 3 N–H and O–H groups in total. The zero-order chi connectivity index (χ0) is 26.4. The van der Waals surface area contributed by atoms with Crippen LogP contribution in [0.4, 0.5) is 0 Å². The summed E-state index contributed by atoms with van der Waals surface area (Å²) in [7, 11) is 0. The van der Waals surface area contributed by atoms with E-state index < -0.39 is 5.54 Å². The standard InChI is InChI=1S/C30H36N4O4/c1-3-30-12-5-4-6-19-7-9-26-21(15-19)23(14-18(2)38-26)32-28(36)20-8-10-25-22(16-20)24(11-13-37-25)34(27(35)17-30)29(31)33-30/h7-10,15-16,18,23-24H,3-6,11-14,17H2,1-2H3,(H2,31,33)(H,32,36)/t18-,23-,24+,30+/m0/s1. The Kier molecular flexibility index (Phi) is 6.28. The third-order valence-electron chi connectivity index (χ3n) is 8.67. The lowest BCUT2D eigenvalue weighted by Crippen LogP contribution is -2.63. The number of aryl methyl sites for hydroxylation is 1. The first-order chi connectivity index (χ1) is 18.4. The van der Waals surface area contributed by atoms with Gasteiger partial charge in [0, 0.05) is 35.1 Å². The summed E-state index contributed by atoms with van der Waals surface area (Å²) in [6.45, 7) is 4.58. The van der Waals surface area contributed by atoms with Crippen molar-refractivity contribution in [2.75, 3.05) is 6.61 Å². The van der Waals surface area contributed by atoms with Crippen molar-refractivity contribution in [3.8, 4) is 11.5 Å². The van der Waals surface area contributed by atoms with Crippen molar-refractivity contribution in [3.05, 3.63) is 58.7 Å². The van der Waals surface area contributed by atoms with Gasteiger partial charge in [0.25, 0.3) is 5.91 Å². The van der Waals surface area contributed by atoms with Gasteiger partial charge in [-0.1, -0.05) is 25.5 Å². The van der Waals surface area contributed by atoms with Crippen molar-refractivity contribution in [3.63, 3.8) is 0 Å². The van der Waals surface area contributed by atoms with E-state index in [4.69, 9.17) is 14.9 Å². The van der Waals surface area contributed by atoms with Crippen molar-refractivity contribution in [2.24, 2.45) is 0 Å². The van der Waals surface area contributed by atoms with Crippen LogP contribution in [-0.4, -0.2) is 40.9 Å². The molecule has 0 radical (unpaired) electrons. The molecule has 38 heavy (non-hydrogen) atoms. The second-order valence-electron chi connectivity index (χ2n) is 11.2. The fraction of sp³-hybridized carbons (Fsp3) is 0.500. The van der Waals surface area contributed by atoms with E-state index in [0.29, 0.717) is 37.2 Å². The Bertz CT molecular complexity index is 1270. The Balaban J connectivity index is 1.41. The fourth-order valence-electron chi connectivity index (χ4n) is 6.54. The highest BCUT2D eigenvalue weighted by Gasteiger charge is 2.44. The molecule has 4 atom stereocenters. The fourth-order valence-corrected chi connectivity index (χ4v) is 6.54. The molecule has 5 heterocycles. The average Bonchev–Trinajstić information content (AvgIpc) is 2.90. The van der Waals surface area contributed by atoms with Crippen LogP contribution in [0, 0.1) is 5.41 Å².